The molecule has 26 heavy (non-hydrogen) atoms. The van der Waals surface area contributed by atoms with Crippen molar-refractivity contribution >= 4 is 23.4 Å². The fourth-order valence-electron chi connectivity index (χ4n) is 2.83. The van der Waals surface area contributed by atoms with Gasteiger partial charge in [0, 0.05) is 5.69 Å². The van der Waals surface area contributed by atoms with Crippen LogP contribution >= 0.6 is 11.8 Å². The van der Waals surface area contributed by atoms with Crippen molar-refractivity contribution in [2.75, 3.05) is 11.1 Å². The van der Waals surface area contributed by atoms with Gasteiger partial charge in [0.1, 0.15) is 6.33 Å². The number of aryl methyl sites for hydroxylation is 3. The fraction of sp³-hybridized carbons (Fsp3) is 0.250. The van der Waals surface area contributed by atoms with Crippen LogP contribution in [-0.2, 0) is 11.2 Å². The lowest BCUT2D eigenvalue weighted by Gasteiger charge is -2.13. The molecule has 1 N–H and O–H groups in total. The number of benzene rings is 2. The van der Waals surface area contributed by atoms with Crippen LogP contribution in [-0.4, -0.2) is 26.4 Å². The maximum absolute atomic E-state index is 12.5. The van der Waals surface area contributed by atoms with E-state index in [9.17, 15) is 4.79 Å². The summed E-state index contributed by atoms with van der Waals surface area (Å²) in [7, 11) is 0. The number of rotatable bonds is 6. The van der Waals surface area contributed by atoms with Crippen molar-refractivity contribution in [2.45, 2.75) is 32.3 Å². The number of anilines is 1. The molecule has 134 valence electrons. The topological polar surface area (TPSA) is 59.8 Å². The lowest BCUT2D eigenvalue weighted by Crippen LogP contribution is -2.16. The molecule has 0 saturated carbocycles. The molecule has 1 heterocycles. The summed E-state index contributed by atoms with van der Waals surface area (Å²) in [5.41, 5.74) is 5.29. The number of nitrogens with zero attached hydrogens (tertiary/aromatic N) is 3. The Balaban J connectivity index is 1.70. The molecule has 6 heteroatoms. The smallest absolute Gasteiger partial charge is 0.234 e. The largest absolute Gasteiger partial charge is 0.325 e. The third kappa shape index (κ3) is 3.96. The van der Waals surface area contributed by atoms with Crippen molar-refractivity contribution in [2.24, 2.45) is 0 Å². The molecule has 0 unspecified atom stereocenters. The third-order valence-electron chi connectivity index (χ3n) is 4.23. The predicted molar refractivity (Wildman–Crippen MR) is 106 cm³/mol. The molecule has 3 aromatic rings. The maximum Gasteiger partial charge on any atom is 0.234 e. The average Bonchev–Trinajstić information content (AvgIpc) is 3.10. The van der Waals surface area contributed by atoms with Crippen LogP contribution in [0.1, 0.15) is 23.6 Å². The number of hydrogen-bond acceptors (Lipinski definition) is 4. The van der Waals surface area contributed by atoms with Crippen LogP contribution in [0.4, 0.5) is 5.69 Å². The minimum atomic E-state index is -0.0432. The molecule has 3 rings (SSSR count). The Morgan fingerprint density at radius 1 is 1.12 bits per heavy atom. The van der Waals surface area contributed by atoms with Crippen LogP contribution < -0.4 is 5.32 Å². The Morgan fingerprint density at radius 3 is 2.65 bits per heavy atom. The SMILES string of the molecule is CCc1cccc(C)c1NC(=O)CSc1nncn1-c1ccccc1C. The fourth-order valence-corrected chi connectivity index (χ4v) is 3.55. The van der Waals surface area contributed by atoms with Crippen LogP contribution in [0, 0.1) is 13.8 Å². The Labute approximate surface area is 157 Å². The van der Waals surface area contributed by atoms with E-state index in [1.165, 1.54) is 11.8 Å². The zero-order valence-corrected chi connectivity index (χ0v) is 16.0. The van der Waals surface area contributed by atoms with Gasteiger partial charge in [-0.15, -0.1) is 10.2 Å². The quantitative estimate of drug-likeness (QED) is 0.665. The van der Waals surface area contributed by atoms with Crippen molar-refractivity contribution < 1.29 is 4.79 Å². The first kappa shape index (κ1) is 18.2. The van der Waals surface area contributed by atoms with Crippen LogP contribution in [0.5, 0.6) is 0 Å². The van der Waals surface area contributed by atoms with Gasteiger partial charge < -0.3 is 5.32 Å². The van der Waals surface area contributed by atoms with Crippen molar-refractivity contribution in [1.29, 1.82) is 0 Å². The number of hydrogen-bond donors (Lipinski definition) is 1. The van der Waals surface area contributed by atoms with Gasteiger partial charge in [0.15, 0.2) is 5.16 Å². The van der Waals surface area contributed by atoms with E-state index in [2.05, 4.69) is 22.4 Å². The molecule has 0 bridgehead atoms. The minimum absolute atomic E-state index is 0.0432. The molecule has 2 aromatic carbocycles. The summed E-state index contributed by atoms with van der Waals surface area (Å²) in [6.45, 7) is 6.14. The summed E-state index contributed by atoms with van der Waals surface area (Å²) >= 11 is 1.38. The summed E-state index contributed by atoms with van der Waals surface area (Å²) in [6, 6.07) is 14.1. The normalized spacial score (nSPS) is 10.7. The van der Waals surface area contributed by atoms with Gasteiger partial charge in [-0.05, 0) is 43.0 Å². The van der Waals surface area contributed by atoms with Gasteiger partial charge >= 0.3 is 0 Å². The van der Waals surface area contributed by atoms with Gasteiger partial charge in [-0.2, -0.15) is 0 Å². The van der Waals surface area contributed by atoms with E-state index in [-0.39, 0.29) is 11.7 Å². The van der Waals surface area contributed by atoms with E-state index in [1.807, 2.05) is 60.9 Å². The predicted octanol–water partition coefficient (Wildman–Crippen LogP) is 4.18. The second kappa shape index (κ2) is 8.19. The molecule has 5 nitrogen and oxygen atoms in total. The third-order valence-corrected chi connectivity index (χ3v) is 5.17. The molecule has 0 aliphatic carbocycles. The van der Waals surface area contributed by atoms with E-state index < -0.39 is 0 Å². The van der Waals surface area contributed by atoms with Gasteiger partial charge in [-0.1, -0.05) is 55.1 Å². The monoisotopic (exact) mass is 366 g/mol. The molecule has 0 fully saturated rings. The summed E-state index contributed by atoms with van der Waals surface area (Å²) in [5.74, 6) is 0.237. The van der Waals surface area contributed by atoms with E-state index in [4.69, 9.17) is 0 Å². The lowest BCUT2D eigenvalue weighted by molar-refractivity contribution is -0.113. The van der Waals surface area contributed by atoms with Gasteiger partial charge in [-0.25, -0.2) is 0 Å². The van der Waals surface area contributed by atoms with Crippen molar-refractivity contribution in [3.05, 3.63) is 65.5 Å². The summed E-state index contributed by atoms with van der Waals surface area (Å²) in [4.78, 5) is 12.5. The van der Waals surface area contributed by atoms with Crippen LogP contribution in [0.3, 0.4) is 0 Å². The zero-order chi connectivity index (χ0) is 18.5. The standard InChI is InChI=1S/C20H22N4OS/c1-4-16-10-7-9-15(3)19(16)22-18(25)12-26-20-23-21-13-24(20)17-11-6-5-8-14(17)2/h5-11,13H,4,12H2,1-3H3,(H,22,25). The molecule has 1 amide bonds. The molecule has 0 atom stereocenters. The summed E-state index contributed by atoms with van der Waals surface area (Å²) < 4.78 is 1.92. The number of carbonyl (C=O) groups excluding carboxylic acids is 1. The minimum Gasteiger partial charge on any atom is -0.325 e. The highest BCUT2D eigenvalue weighted by atomic mass is 32.2. The molecule has 0 saturated heterocycles. The summed E-state index contributed by atoms with van der Waals surface area (Å²) in [5, 5.41) is 11.9. The first-order valence-corrected chi connectivity index (χ1v) is 9.56. The van der Waals surface area contributed by atoms with Crippen molar-refractivity contribution in [3.63, 3.8) is 0 Å². The highest BCUT2D eigenvalue weighted by Gasteiger charge is 2.13. The van der Waals surface area contributed by atoms with Gasteiger partial charge in [0.2, 0.25) is 5.91 Å². The number of aromatic nitrogens is 3. The molecular formula is C20H22N4OS. The highest BCUT2D eigenvalue weighted by Crippen LogP contribution is 2.24. The summed E-state index contributed by atoms with van der Waals surface area (Å²) in [6.07, 6.45) is 2.56. The molecule has 1 aromatic heterocycles. The van der Waals surface area contributed by atoms with Gasteiger partial charge in [0.25, 0.3) is 0 Å². The molecule has 0 radical (unpaired) electrons. The Hall–Kier alpha value is -2.60. The Kier molecular flexibility index (Phi) is 5.73. The molecule has 0 spiro atoms. The first-order chi connectivity index (χ1) is 12.6. The van der Waals surface area contributed by atoms with E-state index >= 15 is 0 Å². The average molecular weight is 366 g/mol. The second-order valence-electron chi connectivity index (χ2n) is 6.07. The number of para-hydroxylation sites is 2. The van der Waals surface area contributed by atoms with Crippen molar-refractivity contribution in [1.82, 2.24) is 14.8 Å². The van der Waals surface area contributed by atoms with Crippen molar-refractivity contribution in [3.8, 4) is 5.69 Å². The van der Waals surface area contributed by atoms with Crippen LogP contribution in [0.15, 0.2) is 53.9 Å². The highest BCUT2D eigenvalue weighted by molar-refractivity contribution is 7.99. The van der Waals surface area contributed by atoms with Gasteiger partial charge in [-0.3, -0.25) is 9.36 Å². The second-order valence-corrected chi connectivity index (χ2v) is 7.01. The van der Waals surface area contributed by atoms with E-state index in [1.54, 1.807) is 6.33 Å². The van der Waals surface area contributed by atoms with Gasteiger partial charge in [0.05, 0.1) is 11.4 Å². The number of nitrogens with one attached hydrogen (secondary N) is 1. The van der Waals surface area contributed by atoms with Crippen LogP contribution in [0.25, 0.3) is 5.69 Å². The van der Waals surface area contributed by atoms with E-state index in [0.717, 1.165) is 34.5 Å². The molecule has 0 aliphatic rings. The number of thioether (sulfide) groups is 1. The zero-order valence-electron chi connectivity index (χ0n) is 15.2. The Morgan fingerprint density at radius 2 is 1.88 bits per heavy atom. The lowest BCUT2D eigenvalue weighted by atomic mass is 10.1. The Bertz CT molecular complexity index is 920. The molecule has 0 aliphatic heterocycles. The maximum atomic E-state index is 12.5. The number of amides is 1. The van der Waals surface area contributed by atoms with Crippen LogP contribution in [0.2, 0.25) is 0 Å². The number of carbonyl (C=O) groups is 1. The van der Waals surface area contributed by atoms with E-state index in [0.29, 0.717) is 5.16 Å². The first-order valence-electron chi connectivity index (χ1n) is 8.57. The molecular weight excluding hydrogens is 344 g/mol.